The smallest absolute Gasteiger partial charge is 0.0352 e. The van der Waals surface area contributed by atoms with Crippen LogP contribution < -0.4 is 0 Å². The first-order valence-electron chi connectivity index (χ1n) is 4.74. The first-order chi connectivity index (χ1) is 7.27. The minimum atomic E-state index is 0.959. The third kappa shape index (κ3) is 2.70. The summed E-state index contributed by atoms with van der Waals surface area (Å²) in [7, 11) is 0. The Morgan fingerprint density at radius 1 is 0.800 bits per heavy atom. The third-order valence-corrected chi connectivity index (χ3v) is 4.40. The van der Waals surface area contributed by atoms with Gasteiger partial charge in [-0.3, -0.25) is 0 Å². The molecule has 76 valence electrons. The summed E-state index contributed by atoms with van der Waals surface area (Å²) in [5.74, 6) is 0. The topological polar surface area (TPSA) is 0 Å². The van der Waals surface area contributed by atoms with Gasteiger partial charge in [0.05, 0.1) is 0 Å². The second-order valence-corrected chi connectivity index (χ2v) is 5.02. The Hall–Kier alpha value is -0.600. The highest BCUT2D eigenvalue weighted by Gasteiger charge is 2.03. The van der Waals surface area contributed by atoms with Crippen molar-refractivity contribution in [3.63, 3.8) is 0 Å². The lowest BCUT2D eigenvalue weighted by Gasteiger charge is -2.05. The van der Waals surface area contributed by atoms with E-state index in [1.165, 1.54) is 11.1 Å². The zero-order valence-corrected chi connectivity index (χ0v) is 11.3. The van der Waals surface area contributed by atoms with Crippen molar-refractivity contribution >= 4 is 31.9 Å². The van der Waals surface area contributed by atoms with Gasteiger partial charge in [-0.15, -0.1) is 0 Å². The van der Waals surface area contributed by atoms with Crippen LogP contribution >= 0.6 is 31.9 Å². The molecule has 0 aliphatic heterocycles. The van der Waals surface area contributed by atoms with Crippen LogP contribution in [0.2, 0.25) is 0 Å². The molecule has 0 heterocycles. The van der Waals surface area contributed by atoms with E-state index >= 15 is 0 Å². The maximum absolute atomic E-state index is 3.59. The largest absolute Gasteiger partial charge is 0.0622 e. The fourth-order valence-corrected chi connectivity index (χ4v) is 2.31. The van der Waals surface area contributed by atoms with E-state index in [2.05, 4.69) is 68.3 Å². The highest BCUT2D eigenvalue weighted by Crippen LogP contribution is 2.28. The summed E-state index contributed by atoms with van der Waals surface area (Å²) in [6.45, 7) is 0. The van der Waals surface area contributed by atoms with Crippen LogP contribution in [-0.4, -0.2) is 0 Å². The summed E-state index contributed by atoms with van der Waals surface area (Å²) < 4.78 is 2.25. The van der Waals surface area contributed by atoms with Gasteiger partial charge < -0.3 is 0 Å². The number of hydrogen-bond donors (Lipinski definition) is 0. The van der Waals surface area contributed by atoms with Gasteiger partial charge in [0, 0.05) is 8.95 Å². The van der Waals surface area contributed by atoms with E-state index in [-0.39, 0.29) is 0 Å². The fourth-order valence-electron chi connectivity index (χ4n) is 1.50. The van der Waals surface area contributed by atoms with E-state index < -0.39 is 0 Å². The third-order valence-electron chi connectivity index (χ3n) is 2.27. The maximum Gasteiger partial charge on any atom is 0.0352 e. The Bertz CT molecular complexity index is 449. The van der Waals surface area contributed by atoms with Crippen LogP contribution in [0.25, 0.3) is 0 Å². The Kier molecular flexibility index (Phi) is 3.60. The van der Waals surface area contributed by atoms with Gasteiger partial charge in [-0.2, -0.15) is 0 Å². The molecule has 0 saturated carbocycles. The Morgan fingerprint density at radius 2 is 1.53 bits per heavy atom. The second-order valence-electron chi connectivity index (χ2n) is 3.38. The average Bonchev–Trinajstić information content (AvgIpc) is 2.26. The van der Waals surface area contributed by atoms with Gasteiger partial charge >= 0.3 is 0 Å². The maximum atomic E-state index is 3.59. The zero-order valence-electron chi connectivity index (χ0n) is 8.08. The lowest BCUT2D eigenvalue weighted by Crippen LogP contribution is -1.89. The van der Waals surface area contributed by atoms with Gasteiger partial charge in [-0.05, 0) is 55.5 Å². The van der Waals surface area contributed by atoms with Crippen molar-refractivity contribution in [2.75, 3.05) is 0 Å². The van der Waals surface area contributed by atoms with Gasteiger partial charge in [-0.1, -0.05) is 42.5 Å². The van der Waals surface area contributed by atoms with Crippen LogP contribution in [0.3, 0.4) is 0 Å². The van der Waals surface area contributed by atoms with Crippen LogP contribution in [-0.2, 0) is 6.42 Å². The van der Waals surface area contributed by atoms with Crippen molar-refractivity contribution in [3.05, 3.63) is 68.6 Å². The molecule has 0 N–H and O–H groups in total. The molecular formula is C13H10Br2. The molecule has 15 heavy (non-hydrogen) atoms. The van der Waals surface area contributed by atoms with Crippen LogP contribution in [0.5, 0.6) is 0 Å². The SMILES string of the molecule is Brc1cccc(Cc2ccccc2)c1Br. The molecule has 0 radical (unpaired) electrons. The predicted octanol–water partition coefficient (Wildman–Crippen LogP) is 4.80. The molecule has 0 aliphatic rings. The summed E-state index contributed by atoms with van der Waals surface area (Å²) in [4.78, 5) is 0. The molecule has 0 fully saturated rings. The molecule has 2 aromatic carbocycles. The summed E-state index contributed by atoms with van der Waals surface area (Å²) in [6.07, 6.45) is 0.959. The number of halogens is 2. The summed E-state index contributed by atoms with van der Waals surface area (Å²) in [5, 5.41) is 0. The highest BCUT2D eigenvalue weighted by molar-refractivity contribution is 9.13. The van der Waals surface area contributed by atoms with Crippen LogP contribution in [0.1, 0.15) is 11.1 Å². The molecule has 0 nitrogen and oxygen atoms in total. The van der Waals surface area contributed by atoms with Crippen molar-refractivity contribution in [1.29, 1.82) is 0 Å². The summed E-state index contributed by atoms with van der Waals surface area (Å²) in [6, 6.07) is 16.7. The zero-order chi connectivity index (χ0) is 10.7. The second kappa shape index (κ2) is 4.95. The lowest BCUT2D eigenvalue weighted by atomic mass is 10.1. The first kappa shape index (κ1) is 10.9. The van der Waals surface area contributed by atoms with Crippen molar-refractivity contribution < 1.29 is 0 Å². The van der Waals surface area contributed by atoms with E-state index in [0.29, 0.717) is 0 Å². The van der Waals surface area contributed by atoms with Crippen molar-refractivity contribution in [2.24, 2.45) is 0 Å². The van der Waals surface area contributed by atoms with Crippen molar-refractivity contribution in [2.45, 2.75) is 6.42 Å². The van der Waals surface area contributed by atoms with Crippen LogP contribution in [0.15, 0.2) is 57.5 Å². The molecule has 0 spiro atoms. The van der Waals surface area contributed by atoms with Gasteiger partial charge in [0.25, 0.3) is 0 Å². The predicted molar refractivity (Wildman–Crippen MR) is 71.1 cm³/mol. The molecule has 0 bridgehead atoms. The monoisotopic (exact) mass is 324 g/mol. The van der Waals surface area contributed by atoms with Gasteiger partial charge in [0.2, 0.25) is 0 Å². The number of rotatable bonds is 2. The lowest BCUT2D eigenvalue weighted by molar-refractivity contribution is 1.17. The Balaban J connectivity index is 2.29. The molecule has 0 amide bonds. The highest BCUT2D eigenvalue weighted by atomic mass is 79.9. The minimum absolute atomic E-state index is 0.959. The van der Waals surface area contributed by atoms with E-state index in [4.69, 9.17) is 0 Å². The molecule has 0 aliphatic carbocycles. The Labute approximate surface area is 107 Å². The summed E-state index contributed by atoms with van der Waals surface area (Å²) >= 11 is 7.10. The molecule has 2 rings (SSSR count). The van der Waals surface area contributed by atoms with E-state index in [9.17, 15) is 0 Å². The van der Waals surface area contributed by atoms with E-state index in [0.717, 1.165) is 15.4 Å². The van der Waals surface area contributed by atoms with Gasteiger partial charge in [0.15, 0.2) is 0 Å². The first-order valence-corrected chi connectivity index (χ1v) is 6.33. The normalized spacial score (nSPS) is 10.3. The molecule has 0 saturated heterocycles. The quantitative estimate of drug-likeness (QED) is 0.743. The molecule has 2 heteroatoms. The average molecular weight is 326 g/mol. The van der Waals surface area contributed by atoms with Crippen LogP contribution in [0, 0.1) is 0 Å². The molecule has 0 unspecified atom stereocenters. The molecule has 0 aromatic heterocycles. The molecular weight excluding hydrogens is 316 g/mol. The standard InChI is InChI=1S/C13H10Br2/c14-12-8-4-7-11(13(12)15)9-10-5-2-1-3-6-10/h1-8H,9H2. The Morgan fingerprint density at radius 3 is 2.27 bits per heavy atom. The molecule has 2 aromatic rings. The molecule has 0 atom stereocenters. The van der Waals surface area contributed by atoms with E-state index in [1.807, 2.05) is 12.1 Å². The minimum Gasteiger partial charge on any atom is -0.0622 e. The van der Waals surface area contributed by atoms with Crippen LogP contribution in [0.4, 0.5) is 0 Å². The van der Waals surface area contributed by atoms with Crippen molar-refractivity contribution in [1.82, 2.24) is 0 Å². The number of benzene rings is 2. The van der Waals surface area contributed by atoms with E-state index in [1.54, 1.807) is 0 Å². The van der Waals surface area contributed by atoms with Crippen molar-refractivity contribution in [3.8, 4) is 0 Å². The fraction of sp³-hybridized carbons (Fsp3) is 0.0769. The number of hydrogen-bond acceptors (Lipinski definition) is 0. The van der Waals surface area contributed by atoms with Gasteiger partial charge in [-0.25, -0.2) is 0 Å². The summed E-state index contributed by atoms with van der Waals surface area (Å²) in [5.41, 5.74) is 2.63. The van der Waals surface area contributed by atoms with Gasteiger partial charge in [0.1, 0.15) is 0 Å².